The fourth-order valence-corrected chi connectivity index (χ4v) is 0.934. The molecule has 0 saturated carbocycles. The lowest BCUT2D eigenvalue weighted by Crippen LogP contribution is -2.26. The number of non-ortho nitro benzene ring substituents is 1. The standard InChI is InChI=1S/C8H9N3O5/c9-10-16-8(12)15-5-6-1-3-7(4-2-6)11(13)14/h1-4,10H,5,9H2. The first-order chi connectivity index (χ1) is 7.63. The number of rotatable bonds is 4. The lowest BCUT2D eigenvalue weighted by Gasteiger charge is -2.03. The molecule has 0 bridgehead atoms. The van der Waals surface area contributed by atoms with Crippen LogP contribution in [0, 0.1) is 10.1 Å². The molecule has 0 heterocycles. The molecule has 0 atom stereocenters. The van der Waals surface area contributed by atoms with E-state index < -0.39 is 11.1 Å². The number of nitro benzene ring substituents is 1. The van der Waals surface area contributed by atoms with E-state index in [1.165, 1.54) is 24.3 Å². The van der Waals surface area contributed by atoms with Crippen LogP contribution in [0.2, 0.25) is 0 Å². The van der Waals surface area contributed by atoms with E-state index in [1.807, 2.05) is 0 Å². The summed E-state index contributed by atoms with van der Waals surface area (Å²) < 4.78 is 4.60. The predicted octanol–water partition coefficient (Wildman–Crippen LogP) is 0.626. The van der Waals surface area contributed by atoms with Gasteiger partial charge in [0.2, 0.25) is 0 Å². The molecule has 0 aliphatic carbocycles. The van der Waals surface area contributed by atoms with Gasteiger partial charge in [0, 0.05) is 12.1 Å². The molecule has 0 aliphatic rings. The van der Waals surface area contributed by atoms with Gasteiger partial charge in [0.25, 0.3) is 5.69 Å². The second-order valence-corrected chi connectivity index (χ2v) is 2.68. The summed E-state index contributed by atoms with van der Waals surface area (Å²) in [6.45, 7) is -0.0570. The summed E-state index contributed by atoms with van der Waals surface area (Å²) in [6.07, 6.45) is -0.985. The van der Waals surface area contributed by atoms with Crippen molar-refractivity contribution in [1.29, 1.82) is 0 Å². The zero-order valence-electron chi connectivity index (χ0n) is 8.08. The summed E-state index contributed by atoms with van der Waals surface area (Å²) in [5, 5.41) is 10.3. The van der Waals surface area contributed by atoms with E-state index in [0.717, 1.165) is 0 Å². The highest BCUT2D eigenvalue weighted by molar-refractivity contribution is 5.59. The van der Waals surface area contributed by atoms with Crippen LogP contribution in [-0.4, -0.2) is 11.1 Å². The average Bonchev–Trinajstić information content (AvgIpc) is 2.27. The highest BCUT2D eigenvalue weighted by Gasteiger charge is 2.06. The van der Waals surface area contributed by atoms with E-state index in [0.29, 0.717) is 5.56 Å². The van der Waals surface area contributed by atoms with E-state index >= 15 is 0 Å². The zero-order valence-corrected chi connectivity index (χ0v) is 8.08. The second-order valence-electron chi connectivity index (χ2n) is 2.68. The number of hydrogen-bond donors (Lipinski definition) is 2. The third-order valence-electron chi connectivity index (χ3n) is 1.65. The Hall–Kier alpha value is -2.19. The minimum absolute atomic E-state index is 0.0325. The molecule has 16 heavy (non-hydrogen) atoms. The van der Waals surface area contributed by atoms with Gasteiger partial charge in [0.05, 0.1) is 4.92 Å². The number of carbonyl (C=O) groups is 1. The molecule has 86 valence electrons. The number of carbonyl (C=O) groups excluding carboxylic acids is 1. The SMILES string of the molecule is NNOC(=O)OCc1ccc([N+](=O)[O-])cc1. The van der Waals surface area contributed by atoms with Crippen molar-refractivity contribution in [1.82, 2.24) is 5.59 Å². The Kier molecular flexibility index (Phi) is 4.18. The molecule has 3 N–H and O–H groups in total. The first kappa shape index (κ1) is 11.9. The number of nitrogens with two attached hydrogens (primary N) is 1. The molecule has 0 amide bonds. The predicted molar refractivity (Wildman–Crippen MR) is 51.7 cm³/mol. The van der Waals surface area contributed by atoms with Crippen molar-refractivity contribution in [2.24, 2.45) is 5.84 Å². The van der Waals surface area contributed by atoms with Gasteiger partial charge < -0.3 is 9.57 Å². The van der Waals surface area contributed by atoms with Gasteiger partial charge in [-0.1, -0.05) is 5.59 Å². The number of hydrogen-bond acceptors (Lipinski definition) is 7. The monoisotopic (exact) mass is 227 g/mol. The Bertz CT molecular complexity index is 378. The molecule has 1 aromatic carbocycles. The van der Waals surface area contributed by atoms with Gasteiger partial charge in [-0.25, -0.2) is 10.6 Å². The molecule has 8 nitrogen and oxygen atoms in total. The Balaban J connectivity index is 2.49. The van der Waals surface area contributed by atoms with Crippen LogP contribution >= 0.6 is 0 Å². The molecular weight excluding hydrogens is 218 g/mol. The van der Waals surface area contributed by atoms with Gasteiger partial charge in [0.15, 0.2) is 0 Å². The molecule has 0 aliphatic heterocycles. The number of nitro groups is 1. The number of benzene rings is 1. The van der Waals surface area contributed by atoms with Crippen molar-refractivity contribution in [2.75, 3.05) is 0 Å². The molecule has 0 aromatic heterocycles. The van der Waals surface area contributed by atoms with Crippen LogP contribution in [0.1, 0.15) is 5.56 Å². The molecule has 0 saturated heterocycles. The summed E-state index contributed by atoms with van der Waals surface area (Å²) >= 11 is 0. The highest BCUT2D eigenvalue weighted by atomic mass is 16.8. The highest BCUT2D eigenvalue weighted by Crippen LogP contribution is 2.12. The fraction of sp³-hybridized carbons (Fsp3) is 0.125. The third kappa shape index (κ3) is 3.52. The van der Waals surface area contributed by atoms with E-state index in [9.17, 15) is 14.9 Å². The molecular formula is C8H9N3O5. The van der Waals surface area contributed by atoms with Crippen LogP contribution in [-0.2, 0) is 16.2 Å². The van der Waals surface area contributed by atoms with Gasteiger partial charge in [-0.05, 0) is 17.7 Å². The summed E-state index contributed by atoms with van der Waals surface area (Å²) in [7, 11) is 0. The Morgan fingerprint density at radius 1 is 1.44 bits per heavy atom. The van der Waals surface area contributed by atoms with E-state index in [2.05, 4.69) is 9.57 Å². The fourth-order valence-electron chi connectivity index (χ4n) is 0.934. The van der Waals surface area contributed by atoms with Crippen molar-refractivity contribution in [2.45, 2.75) is 6.61 Å². The largest absolute Gasteiger partial charge is 0.529 e. The van der Waals surface area contributed by atoms with Gasteiger partial charge in [-0.15, -0.1) is 0 Å². The number of nitrogens with one attached hydrogen (secondary N) is 1. The van der Waals surface area contributed by atoms with Crippen molar-refractivity contribution >= 4 is 11.8 Å². The first-order valence-electron chi connectivity index (χ1n) is 4.16. The van der Waals surface area contributed by atoms with E-state index in [-0.39, 0.29) is 12.3 Å². The molecule has 1 rings (SSSR count). The third-order valence-corrected chi connectivity index (χ3v) is 1.65. The van der Waals surface area contributed by atoms with E-state index in [4.69, 9.17) is 5.84 Å². The number of nitrogens with zero attached hydrogens (tertiary/aromatic N) is 1. The van der Waals surface area contributed by atoms with Crippen molar-refractivity contribution in [3.05, 3.63) is 39.9 Å². The molecule has 0 radical (unpaired) electrons. The van der Waals surface area contributed by atoms with Crippen LogP contribution in [0.25, 0.3) is 0 Å². The molecule has 0 fully saturated rings. The van der Waals surface area contributed by atoms with Crippen molar-refractivity contribution < 1.29 is 19.3 Å². The summed E-state index contributed by atoms with van der Waals surface area (Å²) in [6, 6.07) is 5.57. The maximum Gasteiger partial charge on any atom is 0.529 e. The molecule has 0 unspecified atom stereocenters. The summed E-state index contributed by atoms with van der Waals surface area (Å²) in [4.78, 5) is 24.6. The average molecular weight is 227 g/mol. The van der Waals surface area contributed by atoms with Crippen LogP contribution in [0.15, 0.2) is 24.3 Å². The second kappa shape index (κ2) is 5.63. The van der Waals surface area contributed by atoms with Gasteiger partial charge >= 0.3 is 6.16 Å². The van der Waals surface area contributed by atoms with E-state index in [1.54, 1.807) is 5.59 Å². The lowest BCUT2D eigenvalue weighted by atomic mass is 10.2. The first-order valence-corrected chi connectivity index (χ1v) is 4.16. The van der Waals surface area contributed by atoms with Crippen LogP contribution in [0.4, 0.5) is 10.5 Å². The van der Waals surface area contributed by atoms with Crippen LogP contribution in [0.3, 0.4) is 0 Å². The minimum Gasteiger partial charge on any atom is -0.428 e. The summed E-state index contributed by atoms with van der Waals surface area (Å²) in [5.41, 5.74) is 2.23. The number of hydrazine groups is 1. The summed E-state index contributed by atoms with van der Waals surface area (Å²) in [5.74, 6) is 4.70. The quantitative estimate of drug-likeness (QED) is 0.335. The smallest absolute Gasteiger partial charge is 0.428 e. The topological polar surface area (TPSA) is 117 Å². The van der Waals surface area contributed by atoms with Gasteiger partial charge in [-0.3, -0.25) is 10.1 Å². The minimum atomic E-state index is -0.985. The Labute approximate surface area is 90.0 Å². The van der Waals surface area contributed by atoms with Crippen LogP contribution < -0.4 is 11.4 Å². The molecule has 8 heteroatoms. The molecule has 1 aromatic rings. The Morgan fingerprint density at radius 3 is 2.56 bits per heavy atom. The number of ether oxygens (including phenoxy) is 1. The van der Waals surface area contributed by atoms with Crippen molar-refractivity contribution in [3.63, 3.8) is 0 Å². The van der Waals surface area contributed by atoms with Crippen molar-refractivity contribution in [3.8, 4) is 0 Å². The van der Waals surface area contributed by atoms with Gasteiger partial charge in [-0.2, -0.15) is 0 Å². The maximum atomic E-state index is 10.7. The molecule has 0 spiro atoms. The lowest BCUT2D eigenvalue weighted by molar-refractivity contribution is -0.384. The maximum absolute atomic E-state index is 10.7. The van der Waals surface area contributed by atoms with Crippen LogP contribution in [0.5, 0.6) is 0 Å². The van der Waals surface area contributed by atoms with Gasteiger partial charge in [0.1, 0.15) is 6.61 Å². The Morgan fingerprint density at radius 2 is 2.06 bits per heavy atom. The zero-order chi connectivity index (χ0) is 12.0. The normalized spacial score (nSPS) is 9.56.